The van der Waals surface area contributed by atoms with Crippen molar-refractivity contribution in [1.29, 1.82) is 0 Å². The van der Waals surface area contributed by atoms with Gasteiger partial charge in [-0.05, 0) is 31.1 Å². The molecule has 1 atom stereocenters. The molecule has 0 aromatic carbocycles. The number of carbonyl (C=O) groups is 3. The molecule has 0 unspecified atom stereocenters. The minimum atomic E-state index is -0.761. The molecule has 57 heavy (non-hydrogen) atoms. The van der Waals surface area contributed by atoms with Gasteiger partial charge in [-0.1, -0.05) is 240 Å². The highest BCUT2D eigenvalue weighted by atomic mass is 16.6. The summed E-state index contributed by atoms with van der Waals surface area (Å²) in [6.07, 6.45) is 43.7. The lowest BCUT2D eigenvalue weighted by Gasteiger charge is -2.18. The second kappa shape index (κ2) is 44.0. The highest BCUT2D eigenvalue weighted by Crippen LogP contribution is 2.17. The summed E-state index contributed by atoms with van der Waals surface area (Å²) in [5.41, 5.74) is 0. The van der Waals surface area contributed by atoms with E-state index in [4.69, 9.17) is 14.2 Å². The Morgan fingerprint density at radius 1 is 0.333 bits per heavy atom. The van der Waals surface area contributed by atoms with Crippen LogP contribution >= 0.6 is 0 Å². The molecule has 338 valence electrons. The molecule has 0 amide bonds. The van der Waals surface area contributed by atoms with Crippen LogP contribution in [0.5, 0.6) is 0 Å². The van der Waals surface area contributed by atoms with Crippen LogP contribution < -0.4 is 0 Å². The first-order valence-corrected chi connectivity index (χ1v) is 25.2. The Balaban J connectivity index is 4.31. The second-order valence-corrected chi connectivity index (χ2v) is 18.4. The maximum atomic E-state index is 12.7. The van der Waals surface area contributed by atoms with Crippen LogP contribution in [-0.2, 0) is 28.6 Å². The Kier molecular flexibility index (Phi) is 42.7. The number of carbonyl (C=O) groups excluding carboxylic acids is 3. The SMILES string of the molecule is CCCCCCCCCCCCCCC(=O)O[C@@H](COC(=O)CCCCCCCCCCCCCCC(C)C)COC(=O)CCCCCCCCCCCC(C)C. The summed E-state index contributed by atoms with van der Waals surface area (Å²) in [5.74, 6) is 0.792. The molecule has 0 aromatic heterocycles. The van der Waals surface area contributed by atoms with Gasteiger partial charge in [0.25, 0.3) is 0 Å². The summed E-state index contributed by atoms with van der Waals surface area (Å²) in [6.45, 7) is 11.3. The molecular weight excluding hydrogens is 709 g/mol. The van der Waals surface area contributed by atoms with Crippen molar-refractivity contribution in [2.24, 2.45) is 11.8 Å². The van der Waals surface area contributed by atoms with E-state index in [-0.39, 0.29) is 31.1 Å². The zero-order chi connectivity index (χ0) is 41.9. The van der Waals surface area contributed by atoms with Gasteiger partial charge in [-0.3, -0.25) is 14.4 Å². The zero-order valence-corrected chi connectivity index (χ0v) is 39.0. The summed E-state index contributed by atoms with van der Waals surface area (Å²) in [4.78, 5) is 37.9. The van der Waals surface area contributed by atoms with Gasteiger partial charge in [0.15, 0.2) is 6.10 Å². The minimum absolute atomic E-state index is 0.0640. The first-order chi connectivity index (χ1) is 27.7. The van der Waals surface area contributed by atoms with E-state index in [0.29, 0.717) is 19.3 Å². The topological polar surface area (TPSA) is 78.9 Å². The van der Waals surface area contributed by atoms with Crippen molar-refractivity contribution in [3.63, 3.8) is 0 Å². The standard InChI is InChI=1S/C51H98O6/c1-6-7-8-9-10-11-12-16-22-28-33-38-43-51(54)57-48(45-56-50(53)42-37-32-27-23-18-20-25-30-35-40-47(4)5)44-55-49(52)41-36-31-26-21-17-14-13-15-19-24-29-34-39-46(2)3/h46-48H,6-45H2,1-5H3/t48-/m0/s1. The molecule has 0 aliphatic heterocycles. The predicted molar refractivity (Wildman–Crippen MR) is 243 cm³/mol. The highest BCUT2D eigenvalue weighted by Gasteiger charge is 2.19. The summed E-state index contributed by atoms with van der Waals surface area (Å²) >= 11 is 0. The third kappa shape index (κ3) is 45.3. The van der Waals surface area contributed by atoms with Crippen LogP contribution in [0, 0.1) is 11.8 Å². The van der Waals surface area contributed by atoms with Gasteiger partial charge in [0.2, 0.25) is 0 Å². The molecule has 6 nitrogen and oxygen atoms in total. The number of unbranched alkanes of at least 4 members (excludes halogenated alkanes) is 30. The molecule has 6 heteroatoms. The first-order valence-electron chi connectivity index (χ1n) is 25.2. The van der Waals surface area contributed by atoms with Crippen LogP contribution in [0.3, 0.4) is 0 Å². The maximum absolute atomic E-state index is 12.7. The van der Waals surface area contributed by atoms with E-state index in [1.54, 1.807) is 0 Å². The predicted octanol–water partition coefficient (Wildman–Crippen LogP) is 16.1. The largest absolute Gasteiger partial charge is 0.462 e. The van der Waals surface area contributed by atoms with E-state index >= 15 is 0 Å². The van der Waals surface area contributed by atoms with Crippen LogP contribution in [-0.4, -0.2) is 37.2 Å². The minimum Gasteiger partial charge on any atom is -0.462 e. The molecule has 0 radical (unpaired) electrons. The van der Waals surface area contributed by atoms with Crippen molar-refractivity contribution < 1.29 is 28.6 Å². The maximum Gasteiger partial charge on any atom is 0.306 e. The van der Waals surface area contributed by atoms with E-state index in [0.717, 1.165) is 69.6 Å². The van der Waals surface area contributed by atoms with Crippen molar-refractivity contribution in [1.82, 2.24) is 0 Å². The van der Waals surface area contributed by atoms with Crippen molar-refractivity contribution in [2.75, 3.05) is 13.2 Å². The van der Waals surface area contributed by atoms with Crippen molar-refractivity contribution >= 4 is 17.9 Å². The molecule has 0 saturated heterocycles. The van der Waals surface area contributed by atoms with Crippen LogP contribution in [0.15, 0.2) is 0 Å². The Morgan fingerprint density at radius 3 is 0.860 bits per heavy atom. The average molecular weight is 807 g/mol. The zero-order valence-electron chi connectivity index (χ0n) is 39.0. The third-order valence-corrected chi connectivity index (χ3v) is 11.5. The highest BCUT2D eigenvalue weighted by molar-refractivity contribution is 5.71. The molecule has 0 spiro atoms. The normalized spacial score (nSPS) is 12.1. The van der Waals surface area contributed by atoms with Crippen molar-refractivity contribution in [3.05, 3.63) is 0 Å². The van der Waals surface area contributed by atoms with Crippen LogP contribution in [0.25, 0.3) is 0 Å². The van der Waals surface area contributed by atoms with Gasteiger partial charge >= 0.3 is 17.9 Å². The fourth-order valence-corrected chi connectivity index (χ4v) is 7.64. The van der Waals surface area contributed by atoms with Gasteiger partial charge in [-0.15, -0.1) is 0 Å². The summed E-state index contributed by atoms with van der Waals surface area (Å²) in [7, 11) is 0. The molecule has 0 rings (SSSR count). The average Bonchev–Trinajstić information content (AvgIpc) is 3.18. The first kappa shape index (κ1) is 55.4. The molecule has 0 fully saturated rings. The molecule has 0 aliphatic carbocycles. The van der Waals surface area contributed by atoms with Crippen LogP contribution in [0.1, 0.15) is 279 Å². The molecule has 0 heterocycles. The van der Waals surface area contributed by atoms with E-state index in [1.807, 2.05) is 0 Å². The monoisotopic (exact) mass is 807 g/mol. The van der Waals surface area contributed by atoms with E-state index in [9.17, 15) is 14.4 Å². The van der Waals surface area contributed by atoms with Gasteiger partial charge in [0, 0.05) is 19.3 Å². The van der Waals surface area contributed by atoms with Gasteiger partial charge in [0.1, 0.15) is 13.2 Å². The Labute approximate surface area is 355 Å². The van der Waals surface area contributed by atoms with Crippen LogP contribution in [0.2, 0.25) is 0 Å². The van der Waals surface area contributed by atoms with Crippen molar-refractivity contribution in [3.8, 4) is 0 Å². The fourth-order valence-electron chi connectivity index (χ4n) is 7.64. The summed E-state index contributed by atoms with van der Waals surface area (Å²) < 4.78 is 16.8. The van der Waals surface area contributed by atoms with E-state index in [1.165, 1.54) is 167 Å². The Hall–Kier alpha value is -1.59. The molecule has 0 aliphatic rings. The lowest BCUT2D eigenvalue weighted by atomic mass is 10.0. The van der Waals surface area contributed by atoms with Crippen LogP contribution in [0.4, 0.5) is 0 Å². The van der Waals surface area contributed by atoms with Gasteiger partial charge in [-0.25, -0.2) is 0 Å². The lowest BCUT2D eigenvalue weighted by Crippen LogP contribution is -2.30. The Morgan fingerprint density at radius 2 is 0.579 bits per heavy atom. The van der Waals surface area contributed by atoms with Crippen molar-refractivity contribution in [2.45, 2.75) is 285 Å². The van der Waals surface area contributed by atoms with Gasteiger partial charge < -0.3 is 14.2 Å². The number of rotatable bonds is 45. The van der Waals surface area contributed by atoms with Gasteiger partial charge in [-0.2, -0.15) is 0 Å². The Bertz CT molecular complexity index is 870. The lowest BCUT2D eigenvalue weighted by molar-refractivity contribution is -0.167. The quantitative estimate of drug-likeness (QED) is 0.0346. The number of hydrogen-bond acceptors (Lipinski definition) is 6. The molecule has 0 bridgehead atoms. The fraction of sp³-hybridized carbons (Fsp3) is 0.941. The summed E-state index contributed by atoms with van der Waals surface area (Å²) in [6, 6.07) is 0. The molecule has 0 aromatic rings. The third-order valence-electron chi connectivity index (χ3n) is 11.5. The van der Waals surface area contributed by atoms with Gasteiger partial charge in [0.05, 0.1) is 0 Å². The summed E-state index contributed by atoms with van der Waals surface area (Å²) in [5, 5.41) is 0. The molecular formula is C51H98O6. The second-order valence-electron chi connectivity index (χ2n) is 18.4. The number of ether oxygens (including phenoxy) is 3. The van der Waals surface area contributed by atoms with E-state index < -0.39 is 6.10 Å². The number of esters is 3. The number of hydrogen-bond donors (Lipinski definition) is 0. The smallest absolute Gasteiger partial charge is 0.306 e. The molecule has 0 saturated carbocycles. The molecule has 0 N–H and O–H groups in total. The van der Waals surface area contributed by atoms with E-state index in [2.05, 4.69) is 34.6 Å².